The van der Waals surface area contributed by atoms with Gasteiger partial charge in [0, 0.05) is 25.2 Å². The zero-order valence-corrected chi connectivity index (χ0v) is 16.1. The number of rotatable bonds is 10. The molecule has 3 rings (SSSR count). The van der Waals surface area contributed by atoms with Crippen molar-refractivity contribution in [3.8, 4) is 11.6 Å². The summed E-state index contributed by atoms with van der Waals surface area (Å²) in [6.07, 6.45) is 6.17. The molecule has 5 nitrogen and oxygen atoms in total. The molecule has 27 heavy (non-hydrogen) atoms. The second-order valence-electron chi connectivity index (χ2n) is 7.34. The second kappa shape index (κ2) is 9.40. The minimum Gasteiger partial charge on any atom is -0.493 e. The number of aromatic nitrogens is 1. The number of nitrogens with one attached hydrogen (secondary N) is 1. The molecule has 0 unspecified atom stereocenters. The van der Waals surface area contributed by atoms with Crippen LogP contribution >= 0.6 is 0 Å². The molecule has 0 bridgehead atoms. The first-order chi connectivity index (χ1) is 13.1. The van der Waals surface area contributed by atoms with Crippen molar-refractivity contribution in [1.29, 1.82) is 0 Å². The van der Waals surface area contributed by atoms with E-state index in [9.17, 15) is 4.79 Å². The molecule has 1 amide bonds. The van der Waals surface area contributed by atoms with Gasteiger partial charge in [0.1, 0.15) is 12.4 Å². The standard InChI is InChI=1S/C22H28N2O3/c1-16(24-17(2)25)6-7-18-10-11-22(23-13-18)27-15-20-4-3-5-21(12-20)26-14-19-8-9-19/h3-5,10-13,16,19H,6-9,14-15H2,1-2H3,(H,24,25)/t16-/m0/s1. The van der Waals surface area contributed by atoms with Gasteiger partial charge in [0.25, 0.3) is 0 Å². The average molecular weight is 368 g/mol. The van der Waals surface area contributed by atoms with Crippen molar-refractivity contribution in [2.75, 3.05) is 6.61 Å². The van der Waals surface area contributed by atoms with Crippen LogP contribution < -0.4 is 14.8 Å². The van der Waals surface area contributed by atoms with Gasteiger partial charge >= 0.3 is 0 Å². The van der Waals surface area contributed by atoms with Gasteiger partial charge < -0.3 is 14.8 Å². The number of benzene rings is 1. The average Bonchev–Trinajstić information content (AvgIpc) is 3.48. The summed E-state index contributed by atoms with van der Waals surface area (Å²) in [6, 6.07) is 12.1. The van der Waals surface area contributed by atoms with E-state index < -0.39 is 0 Å². The van der Waals surface area contributed by atoms with Crippen molar-refractivity contribution in [3.63, 3.8) is 0 Å². The van der Waals surface area contributed by atoms with Crippen LogP contribution in [-0.4, -0.2) is 23.5 Å². The summed E-state index contributed by atoms with van der Waals surface area (Å²) in [6.45, 7) is 4.83. The Labute approximate surface area is 161 Å². The first-order valence-corrected chi connectivity index (χ1v) is 9.65. The van der Waals surface area contributed by atoms with Crippen molar-refractivity contribution >= 4 is 5.91 Å². The third-order valence-electron chi connectivity index (χ3n) is 4.58. The molecular formula is C22H28N2O3. The Balaban J connectivity index is 1.44. The molecule has 1 fully saturated rings. The monoisotopic (exact) mass is 368 g/mol. The number of nitrogens with zero attached hydrogens (tertiary/aromatic N) is 1. The quantitative estimate of drug-likeness (QED) is 0.691. The van der Waals surface area contributed by atoms with E-state index in [0.29, 0.717) is 12.5 Å². The van der Waals surface area contributed by atoms with E-state index in [4.69, 9.17) is 9.47 Å². The fraction of sp³-hybridized carbons (Fsp3) is 0.455. The predicted octanol–water partition coefficient (Wildman–Crippen LogP) is 3.91. The van der Waals surface area contributed by atoms with Crippen LogP contribution in [0.3, 0.4) is 0 Å². The van der Waals surface area contributed by atoms with Crippen LogP contribution in [0.4, 0.5) is 0 Å². The molecule has 1 aromatic carbocycles. The Morgan fingerprint density at radius 1 is 1.22 bits per heavy atom. The fourth-order valence-electron chi connectivity index (χ4n) is 2.83. The molecule has 1 atom stereocenters. The lowest BCUT2D eigenvalue weighted by Gasteiger charge is -2.12. The lowest BCUT2D eigenvalue weighted by Crippen LogP contribution is -2.30. The van der Waals surface area contributed by atoms with Crippen molar-refractivity contribution < 1.29 is 14.3 Å². The Morgan fingerprint density at radius 3 is 2.78 bits per heavy atom. The number of carbonyl (C=O) groups excluding carboxylic acids is 1. The normalized spacial score (nSPS) is 14.4. The van der Waals surface area contributed by atoms with Crippen molar-refractivity contribution in [1.82, 2.24) is 10.3 Å². The lowest BCUT2D eigenvalue weighted by atomic mass is 10.1. The minimum absolute atomic E-state index is 0.00591. The van der Waals surface area contributed by atoms with Gasteiger partial charge in [-0.15, -0.1) is 0 Å². The highest BCUT2D eigenvalue weighted by molar-refractivity contribution is 5.73. The molecule has 5 heteroatoms. The SMILES string of the molecule is CC(=O)N[C@@H](C)CCc1ccc(OCc2cccc(OCC3CC3)c2)nc1. The van der Waals surface area contributed by atoms with Crippen LogP contribution in [0.5, 0.6) is 11.6 Å². The highest BCUT2D eigenvalue weighted by Gasteiger charge is 2.21. The van der Waals surface area contributed by atoms with Crippen LogP contribution in [0.1, 0.15) is 44.2 Å². The molecular weight excluding hydrogens is 340 g/mol. The predicted molar refractivity (Wildman–Crippen MR) is 105 cm³/mol. The third kappa shape index (κ3) is 6.93. The van der Waals surface area contributed by atoms with Crippen LogP contribution in [0, 0.1) is 5.92 Å². The number of hydrogen-bond donors (Lipinski definition) is 1. The van der Waals surface area contributed by atoms with E-state index >= 15 is 0 Å². The fourth-order valence-corrected chi connectivity index (χ4v) is 2.83. The Bertz CT molecular complexity index is 741. The molecule has 1 aliphatic carbocycles. The summed E-state index contributed by atoms with van der Waals surface area (Å²) < 4.78 is 11.6. The van der Waals surface area contributed by atoms with Gasteiger partial charge in [-0.3, -0.25) is 4.79 Å². The third-order valence-corrected chi connectivity index (χ3v) is 4.58. The molecule has 144 valence electrons. The summed E-state index contributed by atoms with van der Waals surface area (Å²) in [5, 5.41) is 2.89. The summed E-state index contributed by atoms with van der Waals surface area (Å²) in [4.78, 5) is 15.4. The van der Waals surface area contributed by atoms with Crippen LogP contribution in [0.15, 0.2) is 42.6 Å². The maximum absolute atomic E-state index is 11.0. The van der Waals surface area contributed by atoms with E-state index in [-0.39, 0.29) is 11.9 Å². The molecule has 0 saturated heterocycles. The maximum Gasteiger partial charge on any atom is 0.217 e. The number of pyridine rings is 1. The van der Waals surface area contributed by atoms with Gasteiger partial charge in [0.2, 0.25) is 11.8 Å². The highest BCUT2D eigenvalue weighted by atomic mass is 16.5. The molecule has 2 aromatic rings. The summed E-state index contributed by atoms with van der Waals surface area (Å²) >= 11 is 0. The minimum atomic E-state index is 0.00591. The second-order valence-corrected chi connectivity index (χ2v) is 7.34. The van der Waals surface area contributed by atoms with Gasteiger partial charge in [0.15, 0.2) is 0 Å². The number of amides is 1. The van der Waals surface area contributed by atoms with E-state index in [1.165, 1.54) is 12.8 Å². The first-order valence-electron chi connectivity index (χ1n) is 9.65. The van der Waals surface area contributed by atoms with Crippen LogP contribution in [-0.2, 0) is 17.8 Å². The largest absolute Gasteiger partial charge is 0.493 e. The first kappa shape index (κ1) is 19.2. The Hall–Kier alpha value is -2.56. The zero-order valence-electron chi connectivity index (χ0n) is 16.1. The highest BCUT2D eigenvalue weighted by Crippen LogP contribution is 2.29. The molecule has 1 saturated carbocycles. The number of aryl methyl sites for hydroxylation is 1. The van der Waals surface area contributed by atoms with Gasteiger partial charge in [-0.2, -0.15) is 0 Å². The van der Waals surface area contributed by atoms with Gasteiger partial charge in [-0.1, -0.05) is 18.2 Å². The molecule has 1 N–H and O–H groups in total. The molecule has 0 aliphatic heterocycles. The number of hydrogen-bond acceptors (Lipinski definition) is 4. The van der Waals surface area contributed by atoms with Crippen LogP contribution in [0.2, 0.25) is 0 Å². The molecule has 0 spiro atoms. The maximum atomic E-state index is 11.0. The van der Waals surface area contributed by atoms with Crippen molar-refractivity contribution in [2.45, 2.75) is 52.2 Å². The number of carbonyl (C=O) groups is 1. The van der Waals surface area contributed by atoms with E-state index in [0.717, 1.165) is 42.2 Å². The topological polar surface area (TPSA) is 60.5 Å². The summed E-state index contributed by atoms with van der Waals surface area (Å²) in [5.74, 6) is 2.26. The molecule has 1 heterocycles. The van der Waals surface area contributed by atoms with E-state index in [1.807, 2.05) is 49.5 Å². The Kier molecular flexibility index (Phi) is 6.69. The van der Waals surface area contributed by atoms with Gasteiger partial charge in [-0.25, -0.2) is 4.98 Å². The summed E-state index contributed by atoms with van der Waals surface area (Å²) in [7, 11) is 0. The van der Waals surface area contributed by atoms with Crippen molar-refractivity contribution in [2.24, 2.45) is 5.92 Å². The van der Waals surface area contributed by atoms with E-state index in [2.05, 4.69) is 10.3 Å². The van der Waals surface area contributed by atoms with Crippen molar-refractivity contribution in [3.05, 3.63) is 53.7 Å². The van der Waals surface area contributed by atoms with E-state index in [1.54, 1.807) is 6.92 Å². The summed E-state index contributed by atoms with van der Waals surface area (Å²) in [5.41, 5.74) is 2.20. The Morgan fingerprint density at radius 2 is 2.07 bits per heavy atom. The van der Waals surface area contributed by atoms with Crippen LogP contribution in [0.25, 0.3) is 0 Å². The number of ether oxygens (including phenoxy) is 2. The molecule has 0 radical (unpaired) electrons. The molecule has 1 aromatic heterocycles. The van der Waals surface area contributed by atoms with Gasteiger partial charge in [0.05, 0.1) is 6.61 Å². The molecule has 1 aliphatic rings. The lowest BCUT2D eigenvalue weighted by molar-refractivity contribution is -0.119. The van der Waals surface area contributed by atoms with Gasteiger partial charge in [-0.05, 0) is 61.8 Å². The zero-order chi connectivity index (χ0) is 19.1. The smallest absolute Gasteiger partial charge is 0.217 e.